The lowest BCUT2D eigenvalue weighted by atomic mass is 10.2. The summed E-state index contributed by atoms with van der Waals surface area (Å²) in [6, 6.07) is 15.0. The van der Waals surface area contributed by atoms with Crippen LogP contribution in [0.1, 0.15) is 5.56 Å². The number of aliphatic hydroxyl groups is 1. The van der Waals surface area contributed by atoms with Crippen molar-refractivity contribution in [2.75, 3.05) is 13.1 Å². The van der Waals surface area contributed by atoms with Crippen LogP contribution in [-0.4, -0.2) is 41.4 Å². The number of nitrogens with zero attached hydrogens (tertiary/aromatic N) is 1. The fraction of sp³-hybridized carbons (Fsp3) is 0.278. The maximum absolute atomic E-state index is 13.2. The molecule has 1 saturated heterocycles. The fourth-order valence-corrected chi connectivity index (χ4v) is 2.55. The van der Waals surface area contributed by atoms with E-state index in [9.17, 15) is 14.3 Å². The Balaban J connectivity index is 1.54. The lowest BCUT2D eigenvalue weighted by Crippen LogP contribution is -2.31. The molecule has 0 radical (unpaired) electrons. The first-order valence-corrected chi connectivity index (χ1v) is 7.68. The number of benzene rings is 2. The Hall–Kier alpha value is -2.60. The van der Waals surface area contributed by atoms with E-state index in [-0.39, 0.29) is 19.7 Å². The topological polar surface area (TPSA) is 59.0 Å². The standard InChI is InChI=1S/C18H18FNO4/c19-14-7-4-8-15(9-14)24-17-11-20(10-16(17)21)18(22)23-12-13-5-2-1-3-6-13/h1-9,16-17,21H,10-12H2/t16-,17-/m1/s1. The summed E-state index contributed by atoms with van der Waals surface area (Å²) in [5.74, 6) is -0.0994. The van der Waals surface area contributed by atoms with Crippen molar-refractivity contribution in [3.63, 3.8) is 0 Å². The van der Waals surface area contributed by atoms with Gasteiger partial charge in [-0.3, -0.25) is 0 Å². The van der Waals surface area contributed by atoms with Gasteiger partial charge in [-0.25, -0.2) is 9.18 Å². The number of hydrogen-bond acceptors (Lipinski definition) is 4. The second-order valence-corrected chi connectivity index (χ2v) is 5.63. The van der Waals surface area contributed by atoms with Gasteiger partial charge >= 0.3 is 6.09 Å². The quantitative estimate of drug-likeness (QED) is 0.935. The number of carbonyl (C=O) groups excluding carboxylic acids is 1. The maximum Gasteiger partial charge on any atom is 0.410 e. The fourth-order valence-electron chi connectivity index (χ4n) is 2.55. The number of hydrogen-bond donors (Lipinski definition) is 1. The number of aliphatic hydroxyl groups excluding tert-OH is 1. The van der Waals surface area contributed by atoms with Crippen molar-refractivity contribution < 1.29 is 23.8 Å². The van der Waals surface area contributed by atoms with E-state index in [1.165, 1.54) is 23.1 Å². The number of halogens is 1. The lowest BCUT2D eigenvalue weighted by molar-refractivity contribution is 0.0733. The molecule has 1 N–H and O–H groups in total. The molecule has 6 heteroatoms. The molecular weight excluding hydrogens is 313 g/mol. The molecule has 0 aromatic heterocycles. The van der Waals surface area contributed by atoms with Gasteiger partial charge in [0.05, 0.1) is 13.1 Å². The molecule has 0 spiro atoms. The Bertz CT molecular complexity index is 694. The molecule has 1 fully saturated rings. The summed E-state index contributed by atoms with van der Waals surface area (Å²) in [5, 5.41) is 10.1. The molecule has 5 nitrogen and oxygen atoms in total. The van der Waals surface area contributed by atoms with Gasteiger partial charge in [-0.2, -0.15) is 0 Å². The highest BCUT2D eigenvalue weighted by Crippen LogP contribution is 2.20. The SMILES string of the molecule is O=C(OCc1ccccc1)N1C[C@@H](O)[C@H](Oc2cccc(F)c2)C1. The van der Waals surface area contributed by atoms with Crippen LogP contribution in [0.3, 0.4) is 0 Å². The Morgan fingerprint density at radius 3 is 2.71 bits per heavy atom. The van der Waals surface area contributed by atoms with Gasteiger partial charge in [-0.15, -0.1) is 0 Å². The highest BCUT2D eigenvalue weighted by molar-refractivity contribution is 5.68. The number of rotatable bonds is 4. The largest absolute Gasteiger partial charge is 0.486 e. The van der Waals surface area contributed by atoms with E-state index in [2.05, 4.69) is 0 Å². The van der Waals surface area contributed by atoms with E-state index in [0.717, 1.165) is 5.56 Å². The third-order valence-corrected chi connectivity index (χ3v) is 3.78. The summed E-state index contributed by atoms with van der Waals surface area (Å²) in [7, 11) is 0. The van der Waals surface area contributed by atoms with E-state index < -0.39 is 24.1 Å². The van der Waals surface area contributed by atoms with Crippen molar-refractivity contribution in [1.82, 2.24) is 4.90 Å². The first-order chi connectivity index (χ1) is 11.6. The van der Waals surface area contributed by atoms with Crippen molar-refractivity contribution in [2.24, 2.45) is 0 Å². The molecule has 1 aliphatic heterocycles. The summed E-state index contributed by atoms with van der Waals surface area (Å²) in [4.78, 5) is 13.5. The Labute approximate surface area is 139 Å². The van der Waals surface area contributed by atoms with Gasteiger partial charge in [0, 0.05) is 6.07 Å². The van der Waals surface area contributed by atoms with Crippen LogP contribution in [-0.2, 0) is 11.3 Å². The number of ether oxygens (including phenoxy) is 2. The van der Waals surface area contributed by atoms with Gasteiger partial charge in [0.25, 0.3) is 0 Å². The van der Waals surface area contributed by atoms with E-state index in [1.54, 1.807) is 6.07 Å². The van der Waals surface area contributed by atoms with E-state index in [1.807, 2.05) is 30.3 Å². The number of carbonyl (C=O) groups is 1. The monoisotopic (exact) mass is 331 g/mol. The van der Waals surface area contributed by atoms with Gasteiger partial charge in [-0.1, -0.05) is 36.4 Å². The molecule has 126 valence electrons. The van der Waals surface area contributed by atoms with E-state index in [0.29, 0.717) is 5.75 Å². The zero-order valence-corrected chi connectivity index (χ0v) is 13.0. The number of amides is 1. The van der Waals surface area contributed by atoms with Crippen LogP contribution in [0.2, 0.25) is 0 Å². The van der Waals surface area contributed by atoms with Gasteiger partial charge < -0.3 is 19.5 Å². The van der Waals surface area contributed by atoms with Crippen LogP contribution in [0, 0.1) is 5.82 Å². The van der Waals surface area contributed by atoms with Crippen molar-refractivity contribution in [3.8, 4) is 5.75 Å². The number of β-amino-alcohol motifs (C(OH)–C–C–N with tert-alkyl or cyclic N) is 1. The van der Waals surface area contributed by atoms with Crippen molar-refractivity contribution >= 4 is 6.09 Å². The third-order valence-electron chi connectivity index (χ3n) is 3.78. The van der Waals surface area contributed by atoms with Crippen LogP contribution >= 0.6 is 0 Å². The molecule has 0 bridgehead atoms. The summed E-state index contributed by atoms with van der Waals surface area (Å²) in [6.07, 6.45) is -1.98. The number of likely N-dealkylation sites (tertiary alicyclic amines) is 1. The summed E-state index contributed by atoms with van der Waals surface area (Å²) < 4.78 is 24.0. The van der Waals surface area contributed by atoms with Crippen LogP contribution in [0.15, 0.2) is 54.6 Å². The van der Waals surface area contributed by atoms with Crippen molar-refractivity contribution in [3.05, 3.63) is 66.0 Å². The molecule has 3 rings (SSSR count). The molecule has 2 atom stereocenters. The predicted molar refractivity (Wildman–Crippen MR) is 85.0 cm³/mol. The molecule has 1 amide bonds. The predicted octanol–water partition coefficient (Wildman–Crippen LogP) is 2.59. The highest BCUT2D eigenvalue weighted by Gasteiger charge is 2.36. The molecule has 0 aliphatic carbocycles. The Morgan fingerprint density at radius 2 is 1.96 bits per heavy atom. The first kappa shape index (κ1) is 16.3. The molecule has 2 aromatic rings. The van der Waals surface area contributed by atoms with Crippen LogP contribution in [0.25, 0.3) is 0 Å². The summed E-state index contributed by atoms with van der Waals surface area (Å²) >= 11 is 0. The average Bonchev–Trinajstić information content (AvgIpc) is 2.94. The third kappa shape index (κ3) is 4.02. The van der Waals surface area contributed by atoms with Crippen LogP contribution in [0.4, 0.5) is 9.18 Å². The zero-order chi connectivity index (χ0) is 16.9. The molecule has 0 saturated carbocycles. The van der Waals surface area contributed by atoms with Gasteiger partial charge in [-0.05, 0) is 17.7 Å². The average molecular weight is 331 g/mol. The second kappa shape index (κ2) is 7.31. The van der Waals surface area contributed by atoms with Crippen molar-refractivity contribution in [1.29, 1.82) is 0 Å². The first-order valence-electron chi connectivity index (χ1n) is 7.68. The maximum atomic E-state index is 13.2. The Kier molecular flexibility index (Phi) is 4.96. The minimum atomic E-state index is -0.849. The van der Waals surface area contributed by atoms with Crippen LogP contribution in [0.5, 0.6) is 5.75 Å². The van der Waals surface area contributed by atoms with Gasteiger partial charge in [0.15, 0.2) is 0 Å². The van der Waals surface area contributed by atoms with E-state index >= 15 is 0 Å². The van der Waals surface area contributed by atoms with Gasteiger partial charge in [0.1, 0.15) is 30.4 Å². The highest BCUT2D eigenvalue weighted by atomic mass is 19.1. The normalized spacial score (nSPS) is 20.0. The van der Waals surface area contributed by atoms with Gasteiger partial charge in [0.2, 0.25) is 0 Å². The minimum Gasteiger partial charge on any atom is -0.486 e. The summed E-state index contributed by atoms with van der Waals surface area (Å²) in [5.41, 5.74) is 0.887. The van der Waals surface area contributed by atoms with E-state index in [4.69, 9.17) is 9.47 Å². The molecule has 0 unspecified atom stereocenters. The van der Waals surface area contributed by atoms with Crippen molar-refractivity contribution in [2.45, 2.75) is 18.8 Å². The minimum absolute atomic E-state index is 0.119. The molecule has 24 heavy (non-hydrogen) atoms. The zero-order valence-electron chi connectivity index (χ0n) is 13.0. The molecule has 1 heterocycles. The molecule has 2 aromatic carbocycles. The summed E-state index contributed by atoms with van der Waals surface area (Å²) in [6.45, 7) is 0.473. The molecule has 1 aliphatic rings. The van der Waals surface area contributed by atoms with Crippen LogP contribution < -0.4 is 4.74 Å². The second-order valence-electron chi connectivity index (χ2n) is 5.63. The lowest BCUT2D eigenvalue weighted by Gasteiger charge is -2.17. The Morgan fingerprint density at radius 1 is 1.17 bits per heavy atom. The smallest absolute Gasteiger partial charge is 0.410 e. The molecular formula is C18H18FNO4.